The highest BCUT2D eigenvalue weighted by molar-refractivity contribution is 6.33. The van der Waals surface area contributed by atoms with Crippen molar-refractivity contribution in [2.45, 2.75) is 6.54 Å². The minimum absolute atomic E-state index is 0.113. The predicted molar refractivity (Wildman–Crippen MR) is 95.3 cm³/mol. The van der Waals surface area contributed by atoms with Crippen molar-refractivity contribution in [1.29, 1.82) is 0 Å². The molecule has 3 rings (SSSR count). The summed E-state index contributed by atoms with van der Waals surface area (Å²) in [6, 6.07) is 7.15. The molecule has 0 spiro atoms. The second kappa shape index (κ2) is 6.91. The molecule has 3 aromatic rings. The first-order valence-electron chi connectivity index (χ1n) is 7.37. The lowest BCUT2D eigenvalue weighted by Gasteiger charge is -2.05. The second-order valence-corrected chi connectivity index (χ2v) is 5.60. The zero-order chi connectivity index (χ0) is 18.0. The quantitative estimate of drug-likeness (QED) is 0.451. The molecule has 9 nitrogen and oxygen atoms in total. The summed E-state index contributed by atoms with van der Waals surface area (Å²) < 4.78 is 2.67. The number of imidazole rings is 1. The van der Waals surface area contributed by atoms with Crippen molar-refractivity contribution in [2.75, 3.05) is 12.0 Å². The maximum absolute atomic E-state index is 12.1. The van der Waals surface area contributed by atoms with Gasteiger partial charge in [-0.2, -0.15) is 10.1 Å². The summed E-state index contributed by atoms with van der Waals surface area (Å²) in [5.74, 6) is 0.221. The van der Waals surface area contributed by atoms with Gasteiger partial charge >= 0.3 is 5.69 Å². The lowest BCUT2D eigenvalue weighted by molar-refractivity contribution is 0.278. The van der Waals surface area contributed by atoms with E-state index < -0.39 is 11.2 Å². The molecule has 10 heteroatoms. The van der Waals surface area contributed by atoms with Crippen LogP contribution in [-0.4, -0.2) is 37.0 Å². The van der Waals surface area contributed by atoms with E-state index in [1.807, 2.05) is 6.07 Å². The summed E-state index contributed by atoms with van der Waals surface area (Å²) in [6.45, 7) is -0.0988. The zero-order valence-electron chi connectivity index (χ0n) is 13.2. The van der Waals surface area contributed by atoms with Crippen LogP contribution in [0.3, 0.4) is 0 Å². The van der Waals surface area contributed by atoms with Crippen LogP contribution < -0.4 is 16.7 Å². The summed E-state index contributed by atoms with van der Waals surface area (Å²) in [7, 11) is 1.49. The standard InChI is InChI=1S/C15H15ClN6O3/c1-21-12-11(13(24)19-15(21)25)22(6-7-23)14(18-12)20-17-8-9-4-2-3-5-10(9)16/h2-5,8,23H,6-7H2,1H3,(H,18,20)(H,19,24,25)/b17-8+. The molecule has 0 saturated heterocycles. The minimum atomic E-state index is -0.581. The Morgan fingerprint density at radius 1 is 1.40 bits per heavy atom. The van der Waals surface area contributed by atoms with E-state index in [9.17, 15) is 14.7 Å². The molecule has 3 N–H and O–H groups in total. The van der Waals surface area contributed by atoms with Gasteiger partial charge in [0.05, 0.1) is 12.8 Å². The Kier molecular flexibility index (Phi) is 4.68. The van der Waals surface area contributed by atoms with Crippen molar-refractivity contribution >= 4 is 34.9 Å². The van der Waals surface area contributed by atoms with Crippen molar-refractivity contribution in [2.24, 2.45) is 12.1 Å². The Labute approximate surface area is 146 Å². The van der Waals surface area contributed by atoms with E-state index in [1.54, 1.807) is 18.2 Å². The van der Waals surface area contributed by atoms with Gasteiger partial charge in [-0.1, -0.05) is 29.8 Å². The molecule has 0 atom stereocenters. The molecule has 0 bridgehead atoms. The Bertz CT molecular complexity index is 1070. The number of H-pyrrole nitrogens is 1. The Balaban J connectivity index is 2.04. The third-order valence-corrected chi connectivity index (χ3v) is 3.95. The van der Waals surface area contributed by atoms with Gasteiger partial charge in [-0.05, 0) is 6.07 Å². The number of fused-ring (bicyclic) bond motifs is 1. The maximum Gasteiger partial charge on any atom is 0.329 e. The number of rotatable bonds is 5. The molecule has 0 aliphatic heterocycles. The smallest absolute Gasteiger partial charge is 0.329 e. The normalized spacial score (nSPS) is 11.5. The highest BCUT2D eigenvalue weighted by Gasteiger charge is 2.16. The lowest BCUT2D eigenvalue weighted by Crippen LogP contribution is -2.29. The van der Waals surface area contributed by atoms with E-state index in [2.05, 4.69) is 20.5 Å². The fraction of sp³-hybridized carbons (Fsp3) is 0.200. The average molecular weight is 363 g/mol. The van der Waals surface area contributed by atoms with Crippen molar-refractivity contribution in [3.8, 4) is 0 Å². The van der Waals surface area contributed by atoms with E-state index in [0.717, 1.165) is 0 Å². The number of aliphatic hydroxyl groups excluding tert-OH is 1. The Morgan fingerprint density at radius 3 is 2.88 bits per heavy atom. The number of aromatic nitrogens is 4. The summed E-state index contributed by atoms with van der Waals surface area (Å²) in [5.41, 5.74) is 2.63. The van der Waals surface area contributed by atoms with Gasteiger partial charge in [0.1, 0.15) is 0 Å². The molecule has 0 fully saturated rings. The number of halogens is 1. The molecule has 2 aromatic heterocycles. The van der Waals surface area contributed by atoms with E-state index in [4.69, 9.17) is 11.6 Å². The summed E-state index contributed by atoms with van der Waals surface area (Å²) >= 11 is 6.05. The minimum Gasteiger partial charge on any atom is -0.395 e. The molecule has 0 aliphatic rings. The van der Waals surface area contributed by atoms with Gasteiger partial charge in [0.2, 0.25) is 5.95 Å². The van der Waals surface area contributed by atoms with Crippen LogP contribution in [0.1, 0.15) is 5.56 Å². The number of aromatic amines is 1. The molecule has 0 aliphatic carbocycles. The van der Waals surface area contributed by atoms with Crippen LogP contribution in [0.4, 0.5) is 5.95 Å². The lowest BCUT2D eigenvalue weighted by atomic mass is 10.2. The van der Waals surface area contributed by atoms with Gasteiger partial charge in [-0.3, -0.25) is 14.3 Å². The number of anilines is 1. The molecule has 2 heterocycles. The van der Waals surface area contributed by atoms with E-state index >= 15 is 0 Å². The van der Waals surface area contributed by atoms with Gasteiger partial charge in [0.25, 0.3) is 5.56 Å². The van der Waals surface area contributed by atoms with Crippen LogP contribution in [-0.2, 0) is 13.6 Å². The van der Waals surface area contributed by atoms with Crippen LogP contribution in [0, 0.1) is 0 Å². The largest absolute Gasteiger partial charge is 0.395 e. The van der Waals surface area contributed by atoms with Crippen LogP contribution in [0.2, 0.25) is 5.02 Å². The molecule has 0 radical (unpaired) electrons. The zero-order valence-corrected chi connectivity index (χ0v) is 14.0. The van der Waals surface area contributed by atoms with Gasteiger partial charge in [-0.15, -0.1) is 0 Å². The van der Waals surface area contributed by atoms with Crippen LogP contribution in [0.5, 0.6) is 0 Å². The van der Waals surface area contributed by atoms with Crippen LogP contribution in [0.25, 0.3) is 11.2 Å². The topological polar surface area (TPSA) is 117 Å². The first-order chi connectivity index (χ1) is 12.0. The van der Waals surface area contributed by atoms with Gasteiger partial charge < -0.3 is 9.67 Å². The molecular weight excluding hydrogens is 348 g/mol. The third kappa shape index (κ3) is 3.19. The molecule has 1 aromatic carbocycles. The van der Waals surface area contributed by atoms with Gasteiger partial charge in [0.15, 0.2) is 11.2 Å². The van der Waals surface area contributed by atoms with Crippen molar-refractivity contribution in [1.82, 2.24) is 19.1 Å². The molecule has 25 heavy (non-hydrogen) atoms. The maximum atomic E-state index is 12.1. The molecule has 0 unspecified atom stereocenters. The number of hydrogen-bond acceptors (Lipinski definition) is 6. The average Bonchev–Trinajstić information content (AvgIpc) is 2.94. The summed E-state index contributed by atoms with van der Waals surface area (Å²) in [5, 5.41) is 13.9. The molecule has 130 valence electrons. The van der Waals surface area contributed by atoms with Crippen LogP contribution in [0.15, 0.2) is 39.0 Å². The van der Waals surface area contributed by atoms with Crippen molar-refractivity contribution in [3.63, 3.8) is 0 Å². The predicted octanol–water partition coefficient (Wildman–Crippen LogP) is 0.515. The molecule has 0 saturated carbocycles. The Hall–Kier alpha value is -2.91. The number of aryl methyl sites for hydroxylation is 1. The first-order valence-corrected chi connectivity index (χ1v) is 7.74. The molecular formula is C15H15ClN6O3. The number of hydrogen-bond donors (Lipinski definition) is 3. The first kappa shape index (κ1) is 16.9. The highest BCUT2D eigenvalue weighted by atomic mass is 35.5. The van der Waals surface area contributed by atoms with E-state index in [1.165, 1.54) is 22.4 Å². The number of nitrogens with zero attached hydrogens (tertiary/aromatic N) is 4. The molecule has 0 amide bonds. The van der Waals surface area contributed by atoms with Crippen molar-refractivity contribution in [3.05, 3.63) is 55.7 Å². The van der Waals surface area contributed by atoms with E-state index in [-0.39, 0.29) is 30.3 Å². The Morgan fingerprint density at radius 2 is 2.16 bits per heavy atom. The SMILES string of the molecule is Cn1c(=O)[nH]c(=O)c2c1nc(N/N=C/c1ccccc1Cl)n2CCO. The monoisotopic (exact) mass is 362 g/mol. The number of benzene rings is 1. The second-order valence-electron chi connectivity index (χ2n) is 5.19. The van der Waals surface area contributed by atoms with Crippen molar-refractivity contribution < 1.29 is 5.11 Å². The van der Waals surface area contributed by atoms with Gasteiger partial charge in [-0.25, -0.2) is 10.2 Å². The number of aliphatic hydroxyl groups is 1. The fourth-order valence-corrected chi connectivity index (χ4v) is 2.56. The number of nitrogens with one attached hydrogen (secondary N) is 2. The summed E-state index contributed by atoms with van der Waals surface area (Å²) in [4.78, 5) is 30.3. The van der Waals surface area contributed by atoms with E-state index in [0.29, 0.717) is 10.6 Å². The summed E-state index contributed by atoms with van der Waals surface area (Å²) in [6.07, 6.45) is 1.51. The third-order valence-electron chi connectivity index (χ3n) is 3.60. The van der Waals surface area contributed by atoms with Gasteiger partial charge in [0, 0.05) is 24.2 Å². The highest BCUT2D eigenvalue weighted by Crippen LogP contribution is 2.16. The van der Waals surface area contributed by atoms with Crippen LogP contribution >= 0.6 is 11.6 Å². The fourth-order valence-electron chi connectivity index (χ4n) is 2.38. The number of hydrazone groups is 1.